The van der Waals surface area contributed by atoms with Gasteiger partial charge < -0.3 is 4.74 Å². The predicted molar refractivity (Wildman–Crippen MR) is 59.8 cm³/mol. The number of alkyl halides is 1. The minimum Gasteiger partial charge on any atom is -0.370 e. The number of fused-ring (bicyclic) bond motifs is 1. The molecule has 7 heteroatoms. The van der Waals surface area contributed by atoms with E-state index in [4.69, 9.17) is 4.74 Å². The summed E-state index contributed by atoms with van der Waals surface area (Å²) in [6.45, 7) is 0. The van der Waals surface area contributed by atoms with E-state index < -0.39 is 10.6 Å². The van der Waals surface area contributed by atoms with Crippen LogP contribution in [0.4, 0.5) is 10.1 Å². The van der Waals surface area contributed by atoms with Crippen LogP contribution in [0.15, 0.2) is 6.20 Å². The molecule has 0 aromatic carbocycles. The average Bonchev–Trinajstić information content (AvgIpc) is 2.98. The van der Waals surface area contributed by atoms with Gasteiger partial charge in [0, 0.05) is 7.05 Å². The van der Waals surface area contributed by atoms with Crippen molar-refractivity contribution in [3.8, 4) is 0 Å². The zero-order valence-electron chi connectivity index (χ0n) is 10.0. The summed E-state index contributed by atoms with van der Waals surface area (Å²) in [5, 5.41) is 14.8. The number of halogens is 1. The van der Waals surface area contributed by atoms with Crippen molar-refractivity contribution in [2.24, 2.45) is 7.05 Å². The van der Waals surface area contributed by atoms with Crippen LogP contribution >= 0.6 is 0 Å². The number of ether oxygens (including phenoxy) is 1. The van der Waals surface area contributed by atoms with Gasteiger partial charge in [-0.15, -0.1) is 0 Å². The molecular weight excluding hydrogens is 241 g/mol. The molecule has 0 radical (unpaired) electrons. The molecule has 2 fully saturated rings. The highest BCUT2D eigenvalue weighted by Gasteiger charge is 2.50. The van der Waals surface area contributed by atoms with E-state index in [-0.39, 0.29) is 36.4 Å². The number of epoxide rings is 1. The summed E-state index contributed by atoms with van der Waals surface area (Å²) >= 11 is 0. The van der Waals surface area contributed by atoms with Crippen LogP contribution in [-0.2, 0) is 17.5 Å². The Balaban J connectivity index is 1.97. The second-order valence-corrected chi connectivity index (χ2v) is 5.01. The monoisotopic (exact) mass is 255 g/mol. The van der Waals surface area contributed by atoms with Gasteiger partial charge in [-0.25, -0.2) is 4.39 Å². The molecule has 1 aromatic heterocycles. The van der Waals surface area contributed by atoms with Crippen LogP contribution < -0.4 is 0 Å². The Kier molecular flexibility index (Phi) is 2.41. The molecule has 1 aliphatic carbocycles. The van der Waals surface area contributed by atoms with Crippen molar-refractivity contribution in [2.45, 2.75) is 43.6 Å². The van der Waals surface area contributed by atoms with Gasteiger partial charge in [-0.1, -0.05) is 0 Å². The fourth-order valence-electron chi connectivity index (χ4n) is 2.87. The maximum absolute atomic E-state index is 15.1. The van der Waals surface area contributed by atoms with Crippen LogP contribution in [0.5, 0.6) is 0 Å². The Labute approximate surface area is 103 Å². The number of aryl methyl sites for hydroxylation is 1. The second-order valence-electron chi connectivity index (χ2n) is 5.01. The van der Waals surface area contributed by atoms with Crippen molar-refractivity contribution in [3.63, 3.8) is 0 Å². The molecular formula is C11H14FN3O3. The molecule has 18 heavy (non-hydrogen) atoms. The number of hydrogen-bond acceptors (Lipinski definition) is 4. The molecule has 1 unspecified atom stereocenters. The van der Waals surface area contributed by atoms with E-state index in [0.29, 0.717) is 12.8 Å². The Morgan fingerprint density at radius 3 is 2.72 bits per heavy atom. The number of aromatic nitrogens is 2. The van der Waals surface area contributed by atoms with Crippen LogP contribution in [-0.4, -0.2) is 26.9 Å². The number of nitrogens with zero attached hydrogens (tertiary/aromatic N) is 3. The Bertz CT molecular complexity index is 490. The van der Waals surface area contributed by atoms with Gasteiger partial charge in [0.05, 0.1) is 17.1 Å². The smallest absolute Gasteiger partial charge is 0.313 e. The van der Waals surface area contributed by atoms with E-state index in [1.807, 2.05) is 0 Å². The highest BCUT2D eigenvalue weighted by Crippen LogP contribution is 2.47. The normalized spacial score (nSPS) is 34.8. The third kappa shape index (κ3) is 1.69. The van der Waals surface area contributed by atoms with Crippen molar-refractivity contribution in [1.29, 1.82) is 0 Å². The number of rotatable bonds is 2. The number of nitro groups is 1. The Morgan fingerprint density at radius 1 is 1.56 bits per heavy atom. The SMILES string of the molecule is Cn1ncc([N+](=O)[O-])c1C1(F)CC[C@@H]2O[C@@H]2CC1. The lowest BCUT2D eigenvalue weighted by atomic mass is 9.91. The van der Waals surface area contributed by atoms with Crippen LogP contribution in [0.3, 0.4) is 0 Å². The summed E-state index contributed by atoms with van der Waals surface area (Å²) < 4.78 is 21.7. The first-order chi connectivity index (χ1) is 8.51. The summed E-state index contributed by atoms with van der Waals surface area (Å²) in [6, 6.07) is 0. The van der Waals surface area contributed by atoms with E-state index >= 15 is 4.39 Å². The minimum absolute atomic E-state index is 0.0915. The molecule has 1 saturated carbocycles. The molecule has 0 bridgehead atoms. The molecule has 0 amide bonds. The lowest BCUT2D eigenvalue weighted by Crippen LogP contribution is -2.24. The van der Waals surface area contributed by atoms with Gasteiger partial charge >= 0.3 is 5.69 Å². The first-order valence-electron chi connectivity index (χ1n) is 6.02. The summed E-state index contributed by atoms with van der Waals surface area (Å²) in [4.78, 5) is 10.4. The summed E-state index contributed by atoms with van der Waals surface area (Å²) in [5.74, 6) is 0. The van der Waals surface area contributed by atoms with Crippen molar-refractivity contribution < 1.29 is 14.1 Å². The molecule has 1 aromatic rings. The van der Waals surface area contributed by atoms with Gasteiger partial charge in [0.2, 0.25) is 0 Å². The highest BCUT2D eigenvalue weighted by atomic mass is 19.1. The van der Waals surface area contributed by atoms with E-state index in [0.717, 1.165) is 6.20 Å². The molecule has 2 heterocycles. The van der Waals surface area contributed by atoms with Crippen LogP contribution in [0.2, 0.25) is 0 Å². The first-order valence-corrected chi connectivity index (χ1v) is 6.02. The standard InChI is InChI=1S/C11H14FN3O3/c1-14-10(7(6-13-14)15(16)17)11(12)4-2-8-9(18-8)3-5-11/h6,8-9H,2-5H2,1H3/t8-,9+,11?. The number of hydrogen-bond donors (Lipinski definition) is 0. The maximum Gasteiger partial charge on any atom is 0.313 e. The fourth-order valence-corrected chi connectivity index (χ4v) is 2.87. The van der Waals surface area contributed by atoms with E-state index in [9.17, 15) is 10.1 Å². The van der Waals surface area contributed by atoms with Gasteiger partial charge in [-0.2, -0.15) is 5.10 Å². The summed E-state index contributed by atoms with van der Waals surface area (Å²) in [7, 11) is 1.55. The maximum atomic E-state index is 15.1. The molecule has 3 atom stereocenters. The minimum atomic E-state index is -1.66. The quantitative estimate of drug-likeness (QED) is 0.459. The van der Waals surface area contributed by atoms with Crippen LogP contribution in [0.1, 0.15) is 31.4 Å². The van der Waals surface area contributed by atoms with Gasteiger partial charge in [-0.3, -0.25) is 14.8 Å². The van der Waals surface area contributed by atoms with Crippen LogP contribution in [0.25, 0.3) is 0 Å². The van der Waals surface area contributed by atoms with Crippen molar-refractivity contribution >= 4 is 5.69 Å². The van der Waals surface area contributed by atoms with Gasteiger partial charge in [0.1, 0.15) is 6.20 Å². The average molecular weight is 255 g/mol. The van der Waals surface area contributed by atoms with E-state index in [2.05, 4.69) is 5.10 Å². The molecule has 6 nitrogen and oxygen atoms in total. The Morgan fingerprint density at radius 2 is 2.17 bits per heavy atom. The molecule has 3 rings (SSSR count). The van der Waals surface area contributed by atoms with E-state index in [1.165, 1.54) is 4.68 Å². The van der Waals surface area contributed by atoms with E-state index in [1.54, 1.807) is 7.05 Å². The molecule has 0 spiro atoms. The highest BCUT2D eigenvalue weighted by molar-refractivity contribution is 5.38. The summed E-state index contributed by atoms with van der Waals surface area (Å²) in [6.07, 6.45) is 3.17. The predicted octanol–water partition coefficient (Wildman–Crippen LogP) is 1.83. The molecule has 1 aliphatic heterocycles. The second kappa shape index (κ2) is 3.74. The third-order valence-electron chi connectivity index (χ3n) is 3.88. The Hall–Kier alpha value is -1.50. The zero-order valence-corrected chi connectivity index (χ0v) is 10.0. The molecule has 98 valence electrons. The summed E-state index contributed by atoms with van der Waals surface area (Å²) in [5.41, 5.74) is -1.80. The molecule has 1 saturated heterocycles. The van der Waals surface area contributed by atoms with Gasteiger partial charge in [0.15, 0.2) is 11.4 Å². The van der Waals surface area contributed by atoms with Gasteiger partial charge in [0.25, 0.3) is 0 Å². The third-order valence-corrected chi connectivity index (χ3v) is 3.88. The van der Waals surface area contributed by atoms with Crippen molar-refractivity contribution in [1.82, 2.24) is 9.78 Å². The lowest BCUT2D eigenvalue weighted by molar-refractivity contribution is -0.386. The lowest BCUT2D eigenvalue weighted by Gasteiger charge is -2.23. The first kappa shape index (κ1) is 11.6. The van der Waals surface area contributed by atoms with Crippen molar-refractivity contribution in [3.05, 3.63) is 22.0 Å². The largest absolute Gasteiger partial charge is 0.370 e. The van der Waals surface area contributed by atoms with Crippen molar-refractivity contribution in [2.75, 3.05) is 0 Å². The van der Waals surface area contributed by atoms with Gasteiger partial charge in [-0.05, 0) is 25.7 Å². The topological polar surface area (TPSA) is 73.5 Å². The van der Waals surface area contributed by atoms with Crippen LogP contribution in [0, 0.1) is 10.1 Å². The fraction of sp³-hybridized carbons (Fsp3) is 0.727. The molecule has 2 aliphatic rings. The zero-order chi connectivity index (χ0) is 12.9. The molecule has 0 N–H and O–H groups in total.